The van der Waals surface area contributed by atoms with E-state index in [1.54, 1.807) is 12.1 Å². The second-order valence-electron chi connectivity index (χ2n) is 7.41. The SMILES string of the molecule is O=C(CS(=O)(=O)Nc1ccc(N2CCCCC2)cc1)NCC1CCCC1. The highest BCUT2D eigenvalue weighted by Crippen LogP contribution is 2.24. The molecule has 0 spiro atoms. The van der Waals surface area contributed by atoms with E-state index in [2.05, 4.69) is 14.9 Å². The van der Waals surface area contributed by atoms with Crippen LogP contribution in [0.3, 0.4) is 0 Å². The Morgan fingerprint density at radius 2 is 1.65 bits per heavy atom. The second kappa shape index (κ2) is 8.75. The first kappa shape index (κ1) is 19.0. The molecule has 0 radical (unpaired) electrons. The molecule has 1 heterocycles. The van der Waals surface area contributed by atoms with E-state index in [-0.39, 0.29) is 0 Å². The van der Waals surface area contributed by atoms with Gasteiger partial charge in [0.1, 0.15) is 5.75 Å². The third kappa shape index (κ3) is 5.62. The second-order valence-corrected chi connectivity index (χ2v) is 9.13. The number of nitrogens with one attached hydrogen (secondary N) is 2. The van der Waals surface area contributed by atoms with Gasteiger partial charge >= 0.3 is 0 Å². The summed E-state index contributed by atoms with van der Waals surface area (Å²) in [5.41, 5.74) is 1.61. The monoisotopic (exact) mass is 379 g/mol. The first-order valence-corrected chi connectivity index (χ1v) is 11.3. The molecule has 0 aromatic heterocycles. The maximum absolute atomic E-state index is 12.2. The van der Waals surface area contributed by atoms with Crippen molar-refractivity contribution < 1.29 is 13.2 Å². The van der Waals surface area contributed by atoms with Crippen LogP contribution >= 0.6 is 0 Å². The van der Waals surface area contributed by atoms with E-state index in [1.165, 1.54) is 32.1 Å². The average Bonchev–Trinajstić information content (AvgIpc) is 3.14. The van der Waals surface area contributed by atoms with E-state index in [4.69, 9.17) is 0 Å². The Morgan fingerprint density at radius 1 is 1.00 bits per heavy atom. The molecule has 7 heteroatoms. The first-order valence-electron chi connectivity index (χ1n) is 9.64. The fraction of sp³-hybridized carbons (Fsp3) is 0.632. The zero-order valence-corrected chi connectivity index (χ0v) is 16.1. The fourth-order valence-corrected chi connectivity index (χ4v) is 4.82. The van der Waals surface area contributed by atoms with Crippen molar-refractivity contribution in [3.8, 4) is 0 Å². The molecule has 2 N–H and O–H groups in total. The average molecular weight is 380 g/mol. The van der Waals surface area contributed by atoms with Gasteiger partial charge in [-0.3, -0.25) is 9.52 Å². The zero-order valence-electron chi connectivity index (χ0n) is 15.2. The minimum atomic E-state index is -3.69. The highest BCUT2D eigenvalue weighted by Gasteiger charge is 2.20. The molecule has 1 aliphatic carbocycles. The van der Waals surface area contributed by atoms with Crippen LogP contribution in [0.25, 0.3) is 0 Å². The van der Waals surface area contributed by atoms with Gasteiger partial charge in [-0.25, -0.2) is 8.42 Å². The highest BCUT2D eigenvalue weighted by molar-refractivity contribution is 7.93. The summed E-state index contributed by atoms with van der Waals surface area (Å²) in [5.74, 6) is -0.473. The Morgan fingerprint density at radius 3 is 2.31 bits per heavy atom. The van der Waals surface area contributed by atoms with Crippen molar-refractivity contribution in [1.29, 1.82) is 0 Å². The summed E-state index contributed by atoms with van der Waals surface area (Å²) in [6.45, 7) is 2.68. The summed E-state index contributed by atoms with van der Waals surface area (Å²) in [7, 11) is -3.69. The summed E-state index contributed by atoms with van der Waals surface area (Å²) < 4.78 is 26.9. The Kier molecular flexibility index (Phi) is 6.40. The van der Waals surface area contributed by atoms with Crippen LogP contribution in [0.4, 0.5) is 11.4 Å². The molecular formula is C19H29N3O3S. The number of hydrogen-bond acceptors (Lipinski definition) is 4. The van der Waals surface area contributed by atoms with Crippen molar-refractivity contribution in [1.82, 2.24) is 5.32 Å². The predicted molar refractivity (Wildman–Crippen MR) is 105 cm³/mol. The van der Waals surface area contributed by atoms with Gasteiger partial charge in [-0.2, -0.15) is 0 Å². The third-order valence-corrected chi connectivity index (χ3v) is 6.43. The number of anilines is 2. The lowest BCUT2D eigenvalue weighted by Crippen LogP contribution is -2.35. The number of benzene rings is 1. The topological polar surface area (TPSA) is 78.5 Å². The van der Waals surface area contributed by atoms with E-state index in [1.807, 2.05) is 12.1 Å². The van der Waals surface area contributed by atoms with E-state index in [0.29, 0.717) is 18.2 Å². The minimum Gasteiger partial charge on any atom is -0.372 e. The summed E-state index contributed by atoms with van der Waals surface area (Å²) in [5, 5.41) is 2.75. The van der Waals surface area contributed by atoms with Crippen molar-refractivity contribution in [3.63, 3.8) is 0 Å². The van der Waals surface area contributed by atoms with E-state index < -0.39 is 21.7 Å². The molecule has 1 aromatic carbocycles. The number of hydrogen-bond donors (Lipinski definition) is 2. The van der Waals surface area contributed by atoms with E-state index in [0.717, 1.165) is 31.6 Å². The molecule has 144 valence electrons. The van der Waals surface area contributed by atoms with Gasteiger partial charge in [0, 0.05) is 31.0 Å². The van der Waals surface area contributed by atoms with Gasteiger partial charge in [0.15, 0.2) is 0 Å². The molecule has 1 amide bonds. The molecule has 6 nitrogen and oxygen atoms in total. The van der Waals surface area contributed by atoms with Crippen molar-refractivity contribution >= 4 is 27.3 Å². The Hall–Kier alpha value is -1.76. The molecule has 1 aromatic rings. The molecule has 0 unspecified atom stereocenters. The van der Waals surface area contributed by atoms with Crippen LogP contribution in [0.1, 0.15) is 44.9 Å². The van der Waals surface area contributed by atoms with Crippen LogP contribution in [0, 0.1) is 5.92 Å². The van der Waals surface area contributed by atoms with Crippen LogP contribution in [0.5, 0.6) is 0 Å². The standard InChI is InChI=1S/C19H29N3O3S/c23-19(20-14-16-6-2-3-7-16)15-26(24,25)21-17-8-10-18(11-9-17)22-12-4-1-5-13-22/h8-11,16,21H,1-7,12-15H2,(H,20,23). The lowest BCUT2D eigenvalue weighted by atomic mass is 10.1. The summed E-state index contributed by atoms with van der Waals surface area (Å²) >= 11 is 0. The summed E-state index contributed by atoms with van der Waals surface area (Å²) in [6, 6.07) is 7.39. The molecule has 1 saturated heterocycles. The number of rotatable bonds is 7. The smallest absolute Gasteiger partial charge is 0.241 e. The van der Waals surface area contributed by atoms with E-state index in [9.17, 15) is 13.2 Å². The summed E-state index contributed by atoms with van der Waals surface area (Å²) in [4.78, 5) is 14.2. The molecule has 3 rings (SSSR count). The zero-order chi connectivity index (χ0) is 18.4. The lowest BCUT2D eigenvalue weighted by Gasteiger charge is -2.28. The third-order valence-electron chi connectivity index (χ3n) is 5.25. The van der Waals surface area contributed by atoms with Gasteiger partial charge in [-0.1, -0.05) is 12.8 Å². The van der Waals surface area contributed by atoms with Gasteiger partial charge in [-0.05, 0) is 62.3 Å². The molecular weight excluding hydrogens is 350 g/mol. The number of carbonyl (C=O) groups is 1. The largest absolute Gasteiger partial charge is 0.372 e. The molecule has 2 fully saturated rings. The maximum Gasteiger partial charge on any atom is 0.241 e. The van der Waals surface area contributed by atoms with Crippen molar-refractivity contribution in [2.75, 3.05) is 35.0 Å². The Labute approximate surface area is 156 Å². The molecule has 26 heavy (non-hydrogen) atoms. The normalized spacial score (nSPS) is 18.7. The molecule has 1 saturated carbocycles. The van der Waals surface area contributed by atoms with Crippen LogP contribution in [0.15, 0.2) is 24.3 Å². The summed E-state index contributed by atoms with van der Waals surface area (Å²) in [6.07, 6.45) is 8.32. The van der Waals surface area contributed by atoms with Gasteiger partial charge in [0.05, 0.1) is 0 Å². The minimum absolute atomic E-state index is 0.436. The maximum atomic E-state index is 12.2. The molecule has 1 aliphatic heterocycles. The van der Waals surface area contributed by atoms with Crippen LogP contribution < -0.4 is 14.9 Å². The Balaban J connectivity index is 1.49. The number of amides is 1. The quantitative estimate of drug-likeness (QED) is 0.763. The number of sulfonamides is 1. The van der Waals surface area contributed by atoms with E-state index >= 15 is 0 Å². The number of nitrogens with zero attached hydrogens (tertiary/aromatic N) is 1. The molecule has 0 atom stereocenters. The first-order chi connectivity index (χ1) is 12.5. The fourth-order valence-electron chi connectivity index (χ4n) is 3.80. The lowest BCUT2D eigenvalue weighted by molar-refractivity contribution is -0.118. The molecule has 0 bridgehead atoms. The van der Waals surface area contributed by atoms with Gasteiger partial charge in [0.25, 0.3) is 0 Å². The van der Waals surface area contributed by atoms with Gasteiger partial charge < -0.3 is 10.2 Å². The van der Waals surface area contributed by atoms with Gasteiger partial charge in [-0.15, -0.1) is 0 Å². The van der Waals surface area contributed by atoms with Gasteiger partial charge in [0.2, 0.25) is 15.9 Å². The highest BCUT2D eigenvalue weighted by atomic mass is 32.2. The van der Waals surface area contributed by atoms with Crippen molar-refractivity contribution in [3.05, 3.63) is 24.3 Å². The number of piperidine rings is 1. The van der Waals surface area contributed by atoms with Crippen LogP contribution in [-0.2, 0) is 14.8 Å². The molecule has 2 aliphatic rings. The van der Waals surface area contributed by atoms with Crippen molar-refractivity contribution in [2.24, 2.45) is 5.92 Å². The van der Waals surface area contributed by atoms with Crippen LogP contribution in [-0.4, -0.2) is 39.7 Å². The van der Waals surface area contributed by atoms with Crippen LogP contribution in [0.2, 0.25) is 0 Å². The number of carbonyl (C=O) groups excluding carboxylic acids is 1. The Bertz CT molecular complexity index is 691. The van der Waals surface area contributed by atoms with Crippen molar-refractivity contribution in [2.45, 2.75) is 44.9 Å². The predicted octanol–water partition coefficient (Wildman–Crippen LogP) is 2.73.